The van der Waals surface area contributed by atoms with Crippen molar-refractivity contribution in [2.45, 2.75) is 236 Å². The highest BCUT2D eigenvalue weighted by Crippen LogP contribution is 2.26. The van der Waals surface area contributed by atoms with E-state index in [1.54, 1.807) is 0 Å². The molecule has 0 aromatic heterocycles. The van der Waals surface area contributed by atoms with Gasteiger partial charge in [0.25, 0.3) is 0 Å². The smallest absolute Gasteiger partial charge is 0.394 e. The van der Waals surface area contributed by atoms with E-state index in [1.807, 2.05) is 0 Å². The monoisotopic (exact) mass is 824 g/mol. The van der Waals surface area contributed by atoms with Crippen LogP contribution in [0.1, 0.15) is 187 Å². The first kappa shape index (κ1) is 52.8. The molecule has 0 spiro atoms. The highest BCUT2D eigenvalue weighted by atomic mass is 32.3. The van der Waals surface area contributed by atoms with Crippen LogP contribution in [0, 0.1) is 0 Å². The molecule has 1 aliphatic rings. The number of allylic oxidation sites excluding steroid dienone is 2. The number of ether oxygens (including phenoxy) is 2. The normalized spacial score (nSPS) is 22.0. The molecule has 1 amide bonds. The molecule has 1 fully saturated rings. The van der Waals surface area contributed by atoms with Gasteiger partial charge < -0.3 is 40.3 Å². The van der Waals surface area contributed by atoms with E-state index in [2.05, 4.69) is 35.5 Å². The molecule has 8 atom stereocenters. The second-order valence-electron chi connectivity index (χ2n) is 15.8. The predicted octanol–water partition coefficient (Wildman–Crippen LogP) is 6.97. The number of hydrogen-bond acceptors (Lipinski definition) is 11. The predicted molar refractivity (Wildman–Crippen MR) is 219 cm³/mol. The summed E-state index contributed by atoms with van der Waals surface area (Å²) in [7, 11) is -5.10. The topological polar surface area (TPSA) is 212 Å². The molecular formula is C42H81NO12S. The van der Waals surface area contributed by atoms with Crippen molar-refractivity contribution >= 4 is 16.3 Å². The molecule has 332 valence electrons. The third-order valence-electron chi connectivity index (χ3n) is 10.7. The Balaban J connectivity index is 2.60. The lowest BCUT2D eigenvalue weighted by Crippen LogP contribution is -2.61. The summed E-state index contributed by atoms with van der Waals surface area (Å²) in [6, 6.07) is -1.03. The van der Waals surface area contributed by atoms with Crippen LogP contribution in [-0.4, -0.2) is 107 Å². The Labute approximate surface area is 339 Å². The molecular weight excluding hydrogens is 743 g/mol. The van der Waals surface area contributed by atoms with Gasteiger partial charge in [-0.1, -0.05) is 161 Å². The molecule has 56 heavy (non-hydrogen) atoms. The lowest BCUT2D eigenvalue weighted by Gasteiger charge is -2.41. The van der Waals surface area contributed by atoms with E-state index < -0.39 is 78.5 Å². The lowest BCUT2D eigenvalue weighted by molar-refractivity contribution is -0.298. The maximum atomic E-state index is 13.1. The summed E-state index contributed by atoms with van der Waals surface area (Å²) in [4.78, 5) is 13.1. The molecule has 1 saturated heterocycles. The largest absolute Gasteiger partial charge is 0.397 e. The molecule has 8 unspecified atom stereocenters. The van der Waals surface area contributed by atoms with Crippen LogP contribution in [0.2, 0.25) is 0 Å². The summed E-state index contributed by atoms with van der Waals surface area (Å²) >= 11 is 0. The van der Waals surface area contributed by atoms with Crippen LogP contribution in [0.5, 0.6) is 0 Å². The average molecular weight is 824 g/mol. The number of carbonyl (C=O) groups excluding carboxylic acids is 1. The van der Waals surface area contributed by atoms with Gasteiger partial charge in [0.05, 0.1) is 25.4 Å². The number of hydrogen-bond donors (Lipinski definition) is 7. The van der Waals surface area contributed by atoms with Gasteiger partial charge in [-0.2, -0.15) is 8.42 Å². The first-order chi connectivity index (χ1) is 26.9. The van der Waals surface area contributed by atoms with Gasteiger partial charge in [0.1, 0.15) is 30.5 Å². The Morgan fingerprint density at radius 2 is 1.14 bits per heavy atom. The summed E-state index contributed by atoms with van der Waals surface area (Å²) in [6.07, 6.45) is 22.5. The highest BCUT2D eigenvalue weighted by molar-refractivity contribution is 7.80. The van der Waals surface area contributed by atoms with Gasteiger partial charge in [-0.3, -0.25) is 9.35 Å². The van der Waals surface area contributed by atoms with Crippen molar-refractivity contribution in [3.05, 3.63) is 12.2 Å². The number of amides is 1. The van der Waals surface area contributed by atoms with Gasteiger partial charge >= 0.3 is 10.4 Å². The number of aliphatic hydroxyl groups excluding tert-OH is 5. The SMILES string of the molecule is CCCCCC/C=C\CCCCCCCCC(O)C(=O)NC(COC1OC(CO)C(O)C(OS(=O)(=O)O)C1O)C(O)CCCCCCCCCCCCCCC. The Kier molecular flexibility index (Phi) is 31.7. The van der Waals surface area contributed by atoms with Gasteiger partial charge in [-0.15, -0.1) is 0 Å². The van der Waals surface area contributed by atoms with E-state index in [4.69, 9.17) is 14.0 Å². The number of unbranched alkanes of at least 4 members (excludes halogenated alkanes) is 22. The first-order valence-electron chi connectivity index (χ1n) is 22.2. The highest BCUT2D eigenvalue weighted by Gasteiger charge is 2.48. The van der Waals surface area contributed by atoms with Gasteiger partial charge in [-0.05, 0) is 38.5 Å². The van der Waals surface area contributed by atoms with Crippen LogP contribution in [0.3, 0.4) is 0 Å². The molecule has 0 aromatic carbocycles. The quantitative estimate of drug-likeness (QED) is 0.0192. The van der Waals surface area contributed by atoms with E-state index in [0.29, 0.717) is 19.3 Å². The minimum atomic E-state index is -5.10. The number of rotatable bonds is 37. The van der Waals surface area contributed by atoms with Crippen LogP contribution in [0.15, 0.2) is 12.2 Å². The van der Waals surface area contributed by atoms with E-state index in [0.717, 1.165) is 64.2 Å². The van der Waals surface area contributed by atoms with E-state index in [9.17, 15) is 38.7 Å². The molecule has 0 bridgehead atoms. The van der Waals surface area contributed by atoms with Crippen molar-refractivity contribution in [1.29, 1.82) is 0 Å². The fourth-order valence-corrected chi connectivity index (χ4v) is 7.61. The molecule has 1 aliphatic heterocycles. The summed E-state index contributed by atoms with van der Waals surface area (Å²) < 4.78 is 47.5. The third-order valence-corrected chi connectivity index (χ3v) is 11.1. The minimum absolute atomic E-state index is 0.254. The summed E-state index contributed by atoms with van der Waals surface area (Å²) in [6.45, 7) is 3.24. The van der Waals surface area contributed by atoms with Crippen molar-refractivity contribution in [3.63, 3.8) is 0 Å². The second kappa shape index (κ2) is 33.6. The fraction of sp³-hybridized carbons (Fsp3) is 0.929. The zero-order chi connectivity index (χ0) is 41.4. The molecule has 0 aliphatic carbocycles. The maximum Gasteiger partial charge on any atom is 0.397 e. The molecule has 0 saturated carbocycles. The molecule has 0 aromatic rings. The first-order valence-corrected chi connectivity index (χ1v) is 23.5. The summed E-state index contributed by atoms with van der Waals surface area (Å²) in [5, 5.41) is 55.2. The molecule has 1 rings (SSSR count). The van der Waals surface area contributed by atoms with Gasteiger partial charge in [0.2, 0.25) is 5.91 Å². The number of nitrogens with one attached hydrogen (secondary N) is 1. The van der Waals surface area contributed by atoms with Crippen molar-refractivity contribution < 1.29 is 57.0 Å². The standard InChI is InChI=1S/C42H81NO12S/c1-3-5-7-9-11-13-15-17-19-21-23-25-27-29-31-36(46)41(49)43-34(35(45)30-28-26-24-22-20-18-16-14-12-10-8-6-4-2)33-53-42-39(48)40(55-56(50,51)52)38(47)37(32-44)54-42/h13,15,34-40,42,44-48H,3-12,14,16-33H2,1-2H3,(H,43,49)(H,50,51,52)/b15-13-. The Morgan fingerprint density at radius 3 is 1.62 bits per heavy atom. The third kappa shape index (κ3) is 26.0. The maximum absolute atomic E-state index is 13.1. The van der Waals surface area contributed by atoms with Crippen LogP contribution < -0.4 is 5.32 Å². The van der Waals surface area contributed by atoms with Crippen LogP contribution in [0.4, 0.5) is 0 Å². The average Bonchev–Trinajstić information content (AvgIpc) is 3.16. The Morgan fingerprint density at radius 1 is 0.696 bits per heavy atom. The zero-order valence-corrected chi connectivity index (χ0v) is 35.6. The Bertz CT molecular complexity index is 1080. The van der Waals surface area contributed by atoms with Crippen molar-refractivity contribution in [1.82, 2.24) is 5.32 Å². The molecule has 14 heteroatoms. The van der Waals surface area contributed by atoms with Crippen LogP contribution in [-0.2, 0) is 28.9 Å². The van der Waals surface area contributed by atoms with Crippen LogP contribution in [0.25, 0.3) is 0 Å². The van der Waals surface area contributed by atoms with E-state index >= 15 is 0 Å². The summed E-state index contributed by atoms with van der Waals surface area (Å²) in [5.74, 6) is -0.675. The molecule has 0 radical (unpaired) electrons. The van der Waals surface area contributed by atoms with E-state index in [1.165, 1.54) is 83.5 Å². The lowest BCUT2D eigenvalue weighted by atomic mass is 9.99. The molecule has 13 nitrogen and oxygen atoms in total. The van der Waals surface area contributed by atoms with Gasteiger partial charge in [0.15, 0.2) is 6.29 Å². The van der Waals surface area contributed by atoms with Crippen LogP contribution >= 0.6 is 0 Å². The van der Waals surface area contributed by atoms with Crippen molar-refractivity contribution in [2.75, 3.05) is 13.2 Å². The van der Waals surface area contributed by atoms with Crippen molar-refractivity contribution in [2.24, 2.45) is 0 Å². The minimum Gasteiger partial charge on any atom is -0.394 e. The van der Waals surface area contributed by atoms with E-state index in [-0.39, 0.29) is 6.42 Å². The summed E-state index contributed by atoms with van der Waals surface area (Å²) in [5.41, 5.74) is 0. The molecule has 1 heterocycles. The second-order valence-corrected chi connectivity index (χ2v) is 16.8. The molecule has 7 N–H and O–H groups in total. The van der Waals surface area contributed by atoms with Crippen molar-refractivity contribution in [3.8, 4) is 0 Å². The van der Waals surface area contributed by atoms with Gasteiger partial charge in [-0.25, -0.2) is 4.18 Å². The van der Waals surface area contributed by atoms with Gasteiger partial charge in [0, 0.05) is 0 Å². The number of carbonyl (C=O) groups is 1. The zero-order valence-electron chi connectivity index (χ0n) is 34.8. The fourth-order valence-electron chi connectivity index (χ4n) is 7.11. The Hall–Kier alpha value is -1.20. The number of aliphatic hydroxyl groups is 5.